The molecule has 1 atom stereocenters. The molecule has 17 heavy (non-hydrogen) atoms. The van der Waals surface area contributed by atoms with Crippen LogP contribution in [0.15, 0.2) is 0 Å². The molecule has 0 aliphatic rings. The Morgan fingerprint density at radius 3 is 2.24 bits per heavy atom. The number of unbranched alkanes of at least 4 members (excludes halogenated alkanes) is 6. The van der Waals surface area contributed by atoms with Crippen molar-refractivity contribution in [2.75, 3.05) is 20.3 Å². The second-order valence-corrected chi connectivity index (χ2v) is 4.26. The van der Waals surface area contributed by atoms with Gasteiger partial charge in [-0.25, -0.2) is 4.79 Å². The second kappa shape index (κ2) is 11.9. The van der Waals surface area contributed by atoms with Crippen LogP contribution in [-0.2, 0) is 14.3 Å². The molecule has 0 radical (unpaired) electrons. The van der Waals surface area contributed by atoms with E-state index in [0.29, 0.717) is 6.61 Å². The molecule has 0 aromatic carbocycles. The first-order valence-electron chi connectivity index (χ1n) is 6.55. The van der Waals surface area contributed by atoms with Gasteiger partial charge in [-0.3, -0.25) is 0 Å². The number of ether oxygens (including phenoxy) is 2. The zero-order valence-electron chi connectivity index (χ0n) is 11.1. The summed E-state index contributed by atoms with van der Waals surface area (Å²) in [4.78, 5) is 10.6. The van der Waals surface area contributed by atoms with Crippen LogP contribution in [0, 0.1) is 0 Å². The van der Waals surface area contributed by atoms with Gasteiger partial charge in [-0.2, -0.15) is 0 Å². The molecule has 0 bridgehead atoms. The van der Waals surface area contributed by atoms with E-state index in [9.17, 15) is 4.79 Å². The Kier molecular flexibility index (Phi) is 11.4. The highest BCUT2D eigenvalue weighted by molar-refractivity contribution is 5.72. The summed E-state index contributed by atoms with van der Waals surface area (Å²) in [5.74, 6) is -0.966. The zero-order chi connectivity index (χ0) is 12.9. The van der Waals surface area contributed by atoms with Gasteiger partial charge in [0.05, 0.1) is 6.61 Å². The molecule has 0 aromatic heterocycles. The minimum Gasteiger partial charge on any atom is -0.479 e. The van der Waals surface area contributed by atoms with Crippen LogP contribution in [0.1, 0.15) is 51.9 Å². The highest BCUT2D eigenvalue weighted by Gasteiger charge is 2.15. The molecule has 0 heterocycles. The maximum Gasteiger partial charge on any atom is 0.335 e. The summed E-state index contributed by atoms with van der Waals surface area (Å²) in [6.45, 7) is 2.98. The molecular formula is C13H26O4. The van der Waals surface area contributed by atoms with Gasteiger partial charge in [0.15, 0.2) is 6.10 Å². The summed E-state index contributed by atoms with van der Waals surface area (Å²) in [6, 6.07) is 0. The Morgan fingerprint density at radius 1 is 1.12 bits per heavy atom. The minimum atomic E-state index is -0.966. The van der Waals surface area contributed by atoms with Gasteiger partial charge in [0, 0.05) is 13.7 Å². The first-order valence-corrected chi connectivity index (χ1v) is 6.55. The predicted octanol–water partition coefficient (Wildman–Crippen LogP) is 2.85. The Bertz CT molecular complexity index is 182. The fourth-order valence-corrected chi connectivity index (χ4v) is 1.59. The van der Waals surface area contributed by atoms with E-state index in [1.165, 1.54) is 39.2 Å². The van der Waals surface area contributed by atoms with Crippen LogP contribution in [0.25, 0.3) is 0 Å². The molecule has 0 aliphatic heterocycles. The zero-order valence-corrected chi connectivity index (χ0v) is 11.1. The average Bonchev–Trinajstić information content (AvgIpc) is 2.31. The summed E-state index contributed by atoms with van der Waals surface area (Å²) < 4.78 is 10.0. The molecule has 4 nitrogen and oxygen atoms in total. The van der Waals surface area contributed by atoms with Crippen molar-refractivity contribution in [2.45, 2.75) is 58.0 Å². The van der Waals surface area contributed by atoms with E-state index < -0.39 is 12.1 Å². The number of rotatable bonds is 12. The largest absolute Gasteiger partial charge is 0.479 e. The van der Waals surface area contributed by atoms with Crippen LogP contribution >= 0.6 is 0 Å². The van der Waals surface area contributed by atoms with Gasteiger partial charge >= 0.3 is 5.97 Å². The third-order valence-corrected chi connectivity index (χ3v) is 2.72. The minimum absolute atomic E-state index is 0.141. The lowest BCUT2D eigenvalue weighted by Gasteiger charge is -2.10. The van der Waals surface area contributed by atoms with E-state index in [4.69, 9.17) is 14.6 Å². The van der Waals surface area contributed by atoms with Gasteiger partial charge in [0.2, 0.25) is 0 Å². The lowest BCUT2D eigenvalue weighted by atomic mass is 10.1. The monoisotopic (exact) mass is 246 g/mol. The number of aliphatic carboxylic acids is 1. The molecule has 0 spiro atoms. The van der Waals surface area contributed by atoms with Crippen LogP contribution < -0.4 is 0 Å². The van der Waals surface area contributed by atoms with Crippen LogP contribution in [0.4, 0.5) is 0 Å². The number of methoxy groups -OCH3 is 1. The van der Waals surface area contributed by atoms with Gasteiger partial charge in [0.1, 0.15) is 0 Å². The fourth-order valence-electron chi connectivity index (χ4n) is 1.59. The standard InChI is InChI=1S/C13H26O4/c1-3-4-5-6-7-8-9-10-17-11-12(16-2)13(14)15/h12H,3-11H2,1-2H3,(H,14,15)/t12-/m0/s1. The molecular weight excluding hydrogens is 220 g/mol. The van der Waals surface area contributed by atoms with Gasteiger partial charge < -0.3 is 14.6 Å². The highest BCUT2D eigenvalue weighted by Crippen LogP contribution is 2.06. The number of hydrogen-bond donors (Lipinski definition) is 1. The molecule has 0 unspecified atom stereocenters. The SMILES string of the molecule is CCCCCCCCCOC[C@H](OC)C(=O)O. The van der Waals surface area contributed by atoms with Crippen molar-refractivity contribution in [3.05, 3.63) is 0 Å². The molecule has 102 valence electrons. The van der Waals surface area contributed by atoms with Crippen molar-refractivity contribution in [3.8, 4) is 0 Å². The van der Waals surface area contributed by atoms with E-state index in [0.717, 1.165) is 12.8 Å². The van der Waals surface area contributed by atoms with Crippen molar-refractivity contribution in [2.24, 2.45) is 0 Å². The number of hydrogen-bond acceptors (Lipinski definition) is 3. The van der Waals surface area contributed by atoms with Crippen LogP contribution in [0.2, 0.25) is 0 Å². The van der Waals surface area contributed by atoms with E-state index >= 15 is 0 Å². The Labute approximate surface area is 104 Å². The first-order chi connectivity index (χ1) is 8.22. The molecule has 0 fully saturated rings. The topological polar surface area (TPSA) is 55.8 Å². The van der Waals surface area contributed by atoms with Crippen LogP contribution in [-0.4, -0.2) is 37.5 Å². The average molecular weight is 246 g/mol. The third-order valence-electron chi connectivity index (χ3n) is 2.72. The Morgan fingerprint density at radius 2 is 1.71 bits per heavy atom. The van der Waals surface area contributed by atoms with Crippen molar-refractivity contribution in [1.82, 2.24) is 0 Å². The molecule has 4 heteroatoms. The Hall–Kier alpha value is -0.610. The lowest BCUT2D eigenvalue weighted by Crippen LogP contribution is -2.28. The lowest BCUT2D eigenvalue weighted by molar-refractivity contribution is -0.152. The van der Waals surface area contributed by atoms with Crippen molar-refractivity contribution < 1.29 is 19.4 Å². The summed E-state index contributed by atoms with van der Waals surface area (Å²) >= 11 is 0. The van der Waals surface area contributed by atoms with Crippen molar-refractivity contribution >= 4 is 5.97 Å². The Balaban J connectivity index is 3.20. The molecule has 0 aromatic rings. The van der Waals surface area contributed by atoms with Crippen LogP contribution in [0.5, 0.6) is 0 Å². The normalized spacial score (nSPS) is 12.6. The maximum atomic E-state index is 10.6. The fraction of sp³-hybridized carbons (Fsp3) is 0.923. The molecule has 1 N–H and O–H groups in total. The van der Waals surface area contributed by atoms with E-state index in [-0.39, 0.29) is 6.61 Å². The van der Waals surface area contributed by atoms with E-state index in [1.54, 1.807) is 0 Å². The van der Waals surface area contributed by atoms with E-state index in [2.05, 4.69) is 6.92 Å². The molecule has 0 saturated carbocycles. The summed E-state index contributed by atoms with van der Waals surface area (Å²) in [6.07, 6.45) is 7.79. The van der Waals surface area contributed by atoms with Gasteiger partial charge in [-0.1, -0.05) is 45.4 Å². The second-order valence-electron chi connectivity index (χ2n) is 4.26. The highest BCUT2D eigenvalue weighted by atomic mass is 16.5. The first kappa shape index (κ1) is 16.4. The maximum absolute atomic E-state index is 10.6. The smallest absolute Gasteiger partial charge is 0.335 e. The van der Waals surface area contributed by atoms with Crippen molar-refractivity contribution in [3.63, 3.8) is 0 Å². The number of carboxylic acids is 1. The summed E-state index contributed by atoms with van der Waals surface area (Å²) in [7, 11) is 1.38. The predicted molar refractivity (Wildman–Crippen MR) is 67.2 cm³/mol. The van der Waals surface area contributed by atoms with Gasteiger partial charge in [0.25, 0.3) is 0 Å². The summed E-state index contributed by atoms with van der Waals surface area (Å²) in [5, 5.41) is 8.69. The van der Waals surface area contributed by atoms with Crippen molar-refractivity contribution in [1.29, 1.82) is 0 Å². The molecule has 0 aliphatic carbocycles. The quantitative estimate of drug-likeness (QED) is 0.538. The molecule has 0 rings (SSSR count). The third kappa shape index (κ3) is 10.3. The van der Waals surface area contributed by atoms with Gasteiger partial charge in [-0.05, 0) is 6.42 Å². The molecule has 0 saturated heterocycles. The summed E-state index contributed by atoms with van der Waals surface area (Å²) in [5.41, 5.74) is 0. The molecule has 0 amide bonds. The van der Waals surface area contributed by atoms with E-state index in [1.807, 2.05) is 0 Å². The van der Waals surface area contributed by atoms with Gasteiger partial charge in [-0.15, -0.1) is 0 Å². The number of carbonyl (C=O) groups is 1. The number of carboxylic acid groups (broad SMARTS) is 1. The van der Waals surface area contributed by atoms with Crippen LogP contribution in [0.3, 0.4) is 0 Å².